The molecule has 1 aromatic carbocycles. The number of anilines is 1. The molecule has 1 aliphatic carbocycles. The molecule has 0 saturated heterocycles. The fourth-order valence-electron chi connectivity index (χ4n) is 5.00. The number of nitrogens with one attached hydrogen (secondary N) is 1. The van der Waals surface area contributed by atoms with Gasteiger partial charge in [0.25, 0.3) is 0 Å². The summed E-state index contributed by atoms with van der Waals surface area (Å²) in [5.74, 6) is -0.0943. The van der Waals surface area contributed by atoms with Crippen molar-refractivity contribution >= 4 is 28.4 Å². The van der Waals surface area contributed by atoms with Gasteiger partial charge in [-0.05, 0) is 37.5 Å². The number of Topliss-reactive ketones (excluding diaryl/α,β-unsaturated/α-hetero) is 1. The van der Waals surface area contributed by atoms with Crippen LogP contribution in [0, 0.1) is 11.8 Å². The molecule has 7 heteroatoms. The second-order valence-corrected chi connectivity index (χ2v) is 9.84. The number of unbranched alkanes of at least 4 members (excludes halogenated alkanes) is 5. The van der Waals surface area contributed by atoms with Crippen LogP contribution in [0.4, 0.5) is 5.69 Å². The standard InChI is InChI=1S/C29H41N3O4/c1-3-4-7-10-22(36-2)14-15-24-23(27(33)20-28(24)34)11-8-5-6-9-12-29(35)32-21-13-16-25-26(19-21)31-18-17-30-25/h13-19,22-24,28,34H,3-12,20H2,1-2H3,(H,32,35)/b15-14+/t22-,23+,24+,28+/m0/s1. The molecule has 2 aromatic rings. The van der Waals surface area contributed by atoms with Gasteiger partial charge in [0.2, 0.25) is 5.91 Å². The SMILES string of the molecule is CCCCC[C@@H](/C=C/[C@H]1[C@H](O)CC(=O)[C@@H]1CCCCCCC(=O)Nc1ccc2nccnc2c1)OC. The molecule has 3 rings (SSSR count). The van der Waals surface area contributed by atoms with Crippen molar-refractivity contribution in [2.45, 2.75) is 89.8 Å². The number of benzene rings is 1. The summed E-state index contributed by atoms with van der Waals surface area (Å²) in [4.78, 5) is 33.3. The summed E-state index contributed by atoms with van der Waals surface area (Å²) in [6.07, 6.45) is 16.3. The Morgan fingerprint density at radius 2 is 1.92 bits per heavy atom. The van der Waals surface area contributed by atoms with Crippen molar-refractivity contribution in [2.24, 2.45) is 11.8 Å². The van der Waals surface area contributed by atoms with Gasteiger partial charge in [-0.15, -0.1) is 0 Å². The molecular weight excluding hydrogens is 454 g/mol. The second kappa shape index (κ2) is 14.8. The highest BCUT2D eigenvalue weighted by Crippen LogP contribution is 2.34. The Bertz CT molecular complexity index is 1010. The monoisotopic (exact) mass is 495 g/mol. The van der Waals surface area contributed by atoms with Crippen LogP contribution in [0.5, 0.6) is 0 Å². The first-order valence-corrected chi connectivity index (χ1v) is 13.4. The number of hydrogen-bond acceptors (Lipinski definition) is 6. The average molecular weight is 496 g/mol. The molecule has 0 unspecified atom stereocenters. The Morgan fingerprint density at radius 3 is 2.69 bits per heavy atom. The Labute approximate surface area is 214 Å². The molecule has 0 bridgehead atoms. The summed E-state index contributed by atoms with van der Waals surface area (Å²) in [6, 6.07) is 5.52. The van der Waals surface area contributed by atoms with Crippen molar-refractivity contribution in [3.63, 3.8) is 0 Å². The number of aromatic nitrogens is 2. The zero-order valence-electron chi connectivity index (χ0n) is 21.7. The van der Waals surface area contributed by atoms with Gasteiger partial charge in [-0.3, -0.25) is 19.6 Å². The number of fused-ring (bicyclic) bond motifs is 1. The largest absolute Gasteiger partial charge is 0.392 e. The Hall–Kier alpha value is -2.64. The predicted octanol–water partition coefficient (Wildman–Crippen LogP) is 5.63. The number of nitrogens with zero attached hydrogens (tertiary/aromatic N) is 2. The highest BCUT2D eigenvalue weighted by molar-refractivity contribution is 5.92. The zero-order valence-corrected chi connectivity index (χ0v) is 21.7. The molecule has 1 aliphatic rings. The van der Waals surface area contributed by atoms with Gasteiger partial charge in [0.15, 0.2) is 0 Å². The van der Waals surface area contributed by atoms with E-state index >= 15 is 0 Å². The van der Waals surface area contributed by atoms with E-state index in [-0.39, 0.29) is 36.1 Å². The molecule has 1 fully saturated rings. The van der Waals surface area contributed by atoms with E-state index in [1.807, 2.05) is 30.4 Å². The van der Waals surface area contributed by atoms with Crippen LogP contribution in [0.15, 0.2) is 42.7 Å². The molecule has 1 saturated carbocycles. The highest BCUT2D eigenvalue weighted by Gasteiger charge is 2.39. The number of carbonyl (C=O) groups excluding carboxylic acids is 2. The van der Waals surface area contributed by atoms with Gasteiger partial charge in [0.05, 0.1) is 23.2 Å². The molecule has 0 aliphatic heterocycles. The Kier molecular flexibility index (Phi) is 11.5. The molecule has 4 atom stereocenters. The van der Waals surface area contributed by atoms with E-state index in [0.717, 1.165) is 61.7 Å². The van der Waals surface area contributed by atoms with E-state index in [1.54, 1.807) is 19.5 Å². The molecule has 2 N–H and O–H groups in total. The van der Waals surface area contributed by atoms with E-state index in [4.69, 9.17) is 4.74 Å². The number of ketones is 1. The van der Waals surface area contributed by atoms with Gasteiger partial charge in [0, 0.05) is 49.9 Å². The fraction of sp³-hybridized carbons (Fsp3) is 0.586. The number of methoxy groups -OCH3 is 1. The number of amides is 1. The summed E-state index contributed by atoms with van der Waals surface area (Å²) >= 11 is 0. The molecule has 0 radical (unpaired) electrons. The second-order valence-electron chi connectivity index (χ2n) is 9.84. The maximum atomic E-state index is 12.5. The summed E-state index contributed by atoms with van der Waals surface area (Å²) in [5, 5.41) is 13.4. The topological polar surface area (TPSA) is 101 Å². The first-order valence-electron chi connectivity index (χ1n) is 13.4. The normalized spacial score (nSPS) is 20.9. The lowest BCUT2D eigenvalue weighted by Gasteiger charge is -2.19. The molecule has 1 heterocycles. The number of hydrogen-bond donors (Lipinski definition) is 2. The van der Waals surface area contributed by atoms with Gasteiger partial charge >= 0.3 is 0 Å². The van der Waals surface area contributed by atoms with E-state index in [9.17, 15) is 14.7 Å². The highest BCUT2D eigenvalue weighted by atomic mass is 16.5. The summed E-state index contributed by atoms with van der Waals surface area (Å²) in [7, 11) is 1.71. The molecule has 1 aromatic heterocycles. The van der Waals surface area contributed by atoms with Crippen LogP contribution in [-0.2, 0) is 14.3 Å². The quantitative estimate of drug-likeness (QED) is 0.245. The first-order chi connectivity index (χ1) is 17.5. The van der Waals surface area contributed by atoms with E-state index in [1.165, 1.54) is 12.8 Å². The van der Waals surface area contributed by atoms with Crippen molar-refractivity contribution in [3.05, 3.63) is 42.7 Å². The minimum absolute atomic E-state index is 0.0100. The number of rotatable bonds is 15. The van der Waals surface area contributed by atoms with Crippen LogP contribution in [0.1, 0.15) is 77.6 Å². The third kappa shape index (κ3) is 8.49. The Balaban J connectivity index is 1.36. The van der Waals surface area contributed by atoms with Crippen LogP contribution in [0.2, 0.25) is 0 Å². The van der Waals surface area contributed by atoms with Crippen molar-refractivity contribution in [3.8, 4) is 0 Å². The van der Waals surface area contributed by atoms with Crippen LogP contribution in [0.3, 0.4) is 0 Å². The number of aliphatic hydroxyl groups excluding tert-OH is 1. The molecule has 1 amide bonds. The molecule has 196 valence electrons. The molecule has 7 nitrogen and oxygen atoms in total. The van der Waals surface area contributed by atoms with Crippen molar-refractivity contribution < 1.29 is 19.4 Å². The van der Waals surface area contributed by atoms with E-state index in [0.29, 0.717) is 6.42 Å². The van der Waals surface area contributed by atoms with Crippen LogP contribution >= 0.6 is 0 Å². The van der Waals surface area contributed by atoms with Crippen molar-refractivity contribution in [1.82, 2.24) is 9.97 Å². The number of carbonyl (C=O) groups is 2. The summed E-state index contributed by atoms with van der Waals surface area (Å²) < 4.78 is 5.56. The van der Waals surface area contributed by atoms with Crippen LogP contribution < -0.4 is 5.32 Å². The van der Waals surface area contributed by atoms with E-state index < -0.39 is 6.10 Å². The van der Waals surface area contributed by atoms with Gasteiger partial charge in [-0.2, -0.15) is 0 Å². The number of aliphatic hydroxyl groups is 1. The summed E-state index contributed by atoms with van der Waals surface area (Å²) in [6.45, 7) is 2.18. The van der Waals surface area contributed by atoms with Crippen LogP contribution in [0.25, 0.3) is 11.0 Å². The minimum atomic E-state index is -0.600. The van der Waals surface area contributed by atoms with Crippen LogP contribution in [-0.4, -0.2) is 46.1 Å². The van der Waals surface area contributed by atoms with Gasteiger partial charge in [0.1, 0.15) is 5.78 Å². The fourth-order valence-corrected chi connectivity index (χ4v) is 5.00. The average Bonchev–Trinajstić information content (AvgIpc) is 3.15. The predicted molar refractivity (Wildman–Crippen MR) is 143 cm³/mol. The van der Waals surface area contributed by atoms with Crippen molar-refractivity contribution in [1.29, 1.82) is 0 Å². The molecule has 36 heavy (non-hydrogen) atoms. The first kappa shape index (κ1) is 27.9. The maximum absolute atomic E-state index is 12.5. The van der Waals surface area contributed by atoms with Gasteiger partial charge in [-0.1, -0.05) is 57.6 Å². The smallest absolute Gasteiger partial charge is 0.224 e. The van der Waals surface area contributed by atoms with Crippen molar-refractivity contribution in [2.75, 3.05) is 12.4 Å². The lowest BCUT2D eigenvalue weighted by molar-refractivity contribution is -0.121. The lowest BCUT2D eigenvalue weighted by atomic mass is 9.88. The minimum Gasteiger partial charge on any atom is -0.392 e. The third-order valence-corrected chi connectivity index (χ3v) is 7.10. The van der Waals surface area contributed by atoms with Gasteiger partial charge < -0.3 is 15.2 Å². The third-order valence-electron chi connectivity index (χ3n) is 7.10. The maximum Gasteiger partial charge on any atom is 0.224 e. The summed E-state index contributed by atoms with van der Waals surface area (Å²) in [5.41, 5.74) is 2.28. The number of ether oxygens (including phenoxy) is 1. The van der Waals surface area contributed by atoms with Gasteiger partial charge in [-0.25, -0.2) is 0 Å². The van der Waals surface area contributed by atoms with E-state index in [2.05, 4.69) is 22.2 Å². The molecular formula is C29H41N3O4. The Morgan fingerprint density at radius 1 is 1.14 bits per heavy atom. The molecule has 0 spiro atoms. The lowest BCUT2D eigenvalue weighted by Crippen LogP contribution is -2.19. The zero-order chi connectivity index (χ0) is 25.8.